The van der Waals surface area contributed by atoms with Crippen LogP contribution in [0, 0.1) is 0 Å². The smallest absolute Gasteiger partial charge is 0.305 e. The van der Waals surface area contributed by atoms with Crippen molar-refractivity contribution in [1.29, 1.82) is 0 Å². The molecule has 8 nitrogen and oxygen atoms in total. The molecule has 0 aliphatic rings. The van der Waals surface area contributed by atoms with Crippen molar-refractivity contribution in [1.82, 2.24) is 0 Å². The molecule has 0 saturated heterocycles. The van der Waals surface area contributed by atoms with Crippen molar-refractivity contribution in [3.05, 3.63) is 12.7 Å². The summed E-state index contributed by atoms with van der Waals surface area (Å²) >= 11 is 0. The zero-order chi connectivity index (χ0) is 22.7. The van der Waals surface area contributed by atoms with Gasteiger partial charge in [0.05, 0.1) is 79.3 Å². The monoisotopic (exact) mass is 448 g/mol. The van der Waals surface area contributed by atoms with Gasteiger partial charge in [0, 0.05) is 6.42 Å². The summed E-state index contributed by atoms with van der Waals surface area (Å²) in [6.07, 6.45) is 7.83. The summed E-state index contributed by atoms with van der Waals surface area (Å²) in [4.78, 5) is 11.5. The van der Waals surface area contributed by atoms with E-state index < -0.39 is 0 Å². The molecule has 0 unspecified atom stereocenters. The van der Waals surface area contributed by atoms with Gasteiger partial charge in [-0.3, -0.25) is 4.79 Å². The highest BCUT2D eigenvalue weighted by atomic mass is 16.6. The molecule has 0 aromatic carbocycles. The van der Waals surface area contributed by atoms with Gasteiger partial charge in [-0.2, -0.15) is 0 Å². The third kappa shape index (κ3) is 26.9. The second-order valence-electron chi connectivity index (χ2n) is 6.81. The van der Waals surface area contributed by atoms with Crippen LogP contribution in [0.15, 0.2) is 12.7 Å². The number of rotatable bonds is 26. The van der Waals surface area contributed by atoms with Gasteiger partial charge >= 0.3 is 5.97 Å². The van der Waals surface area contributed by atoms with Crippen molar-refractivity contribution in [2.45, 2.75) is 45.4 Å². The molecule has 0 aliphatic carbocycles. The van der Waals surface area contributed by atoms with E-state index >= 15 is 0 Å². The van der Waals surface area contributed by atoms with Crippen molar-refractivity contribution < 1.29 is 38.0 Å². The molecule has 31 heavy (non-hydrogen) atoms. The Kier molecular flexibility index (Phi) is 26.1. The first-order valence-electron chi connectivity index (χ1n) is 11.5. The molecule has 0 spiro atoms. The van der Waals surface area contributed by atoms with Crippen LogP contribution in [0.2, 0.25) is 0 Å². The SMILES string of the molecule is C=CCOCCOCCOCCOCCOCCOCCOC(=O)CCCCCCC. The summed E-state index contributed by atoms with van der Waals surface area (Å²) in [6.45, 7) is 12.2. The molecule has 8 heteroatoms. The Bertz CT molecular complexity index is 379. The lowest BCUT2D eigenvalue weighted by Crippen LogP contribution is -2.15. The van der Waals surface area contributed by atoms with Crippen molar-refractivity contribution >= 4 is 5.97 Å². The van der Waals surface area contributed by atoms with E-state index in [2.05, 4.69) is 13.5 Å². The molecular formula is C23H44O8. The predicted octanol–water partition coefficient (Wildman–Crippen LogP) is 3.18. The summed E-state index contributed by atoms with van der Waals surface area (Å²) in [5, 5.41) is 0. The van der Waals surface area contributed by atoms with Crippen LogP contribution in [0.25, 0.3) is 0 Å². The summed E-state index contributed by atoms with van der Waals surface area (Å²) in [7, 11) is 0. The third-order valence-electron chi connectivity index (χ3n) is 4.07. The van der Waals surface area contributed by atoms with E-state index in [4.69, 9.17) is 33.2 Å². The third-order valence-corrected chi connectivity index (χ3v) is 4.07. The van der Waals surface area contributed by atoms with Gasteiger partial charge in [0.2, 0.25) is 0 Å². The van der Waals surface area contributed by atoms with E-state index in [-0.39, 0.29) is 5.97 Å². The average Bonchev–Trinajstić information content (AvgIpc) is 2.77. The fourth-order valence-electron chi connectivity index (χ4n) is 2.43. The van der Waals surface area contributed by atoms with E-state index in [1.807, 2.05) is 0 Å². The Hall–Kier alpha value is -1.03. The second-order valence-corrected chi connectivity index (χ2v) is 6.81. The zero-order valence-electron chi connectivity index (χ0n) is 19.5. The van der Waals surface area contributed by atoms with Gasteiger partial charge in [0.15, 0.2) is 0 Å². The standard InChI is InChI=1S/C23H44O8/c1-3-5-6-7-8-9-23(24)31-22-21-30-20-19-29-18-17-28-16-15-27-14-13-26-12-11-25-10-4-2/h4H,2-3,5-22H2,1H3. The quantitative estimate of drug-likeness (QED) is 0.113. The Morgan fingerprint density at radius 1 is 0.613 bits per heavy atom. The Labute approximate surface area is 188 Å². The second kappa shape index (κ2) is 27.0. The minimum absolute atomic E-state index is 0.140. The van der Waals surface area contributed by atoms with Gasteiger partial charge in [-0.1, -0.05) is 38.7 Å². The summed E-state index contributed by atoms with van der Waals surface area (Å²) in [6, 6.07) is 0. The number of ether oxygens (including phenoxy) is 7. The molecule has 0 saturated carbocycles. The van der Waals surface area contributed by atoms with Crippen LogP contribution in [0.4, 0.5) is 0 Å². The molecule has 0 radical (unpaired) electrons. The number of unbranched alkanes of at least 4 members (excludes halogenated alkanes) is 4. The van der Waals surface area contributed by atoms with E-state index in [0.717, 1.165) is 12.8 Å². The lowest BCUT2D eigenvalue weighted by atomic mass is 10.1. The molecule has 0 aromatic rings. The molecule has 184 valence electrons. The molecule has 0 amide bonds. The van der Waals surface area contributed by atoms with Gasteiger partial charge < -0.3 is 33.2 Å². The first kappa shape index (κ1) is 30.0. The minimum Gasteiger partial charge on any atom is -0.463 e. The minimum atomic E-state index is -0.140. The van der Waals surface area contributed by atoms with Crippen LogP contribution in [0.3, 0.4) is 0 Å². The van der Waals surface area contributed by atoms with Gasteiger partial charge in [-0.05, 0) is 6.42 Å². The van der Waals surface area contributed by atoms with Gasteiger partial charge in [-0.15, -0.1) is 6.58 Å². The lowest BCUT2D eigenvalue weighted by molar-refractivity contribution is -0.145. The number of esters is 1. The molecule has 0 heterocycles. The lowest BCUT2D eigenvalue weighted by Gasteiger charge is -2.08. The van der Waals surface area contributed by atoms with Gasteiger partial charge in [-0.25, -0.2) is 0 Å². The predicted molar refractivity (Wildman–Crippen MR) is 119 cm³/mol. The number of hydrogen-bond acceptors (Lipinski definition) is 8. The van der Waals surface area contributed by atoms with Crippen LogP contribution < -0.4 is 0 Å². The summed E-state index contributed by atoms with van der Waals surface area (Å²) in [5.74, 6) is -0.140. The van der Waals surface area contributed by atoms with E-state index in [0.29, 0.717) is 92.3 Å². The highest BCUT2D eigenvalue weighted by Crippen LogP contribution is 2.05. The fourth-order valence-corrected chi connectivity index (χ4v) is 2.43. The van der Waals surface area contributed by atoms with Gasteiger partial charge in [0.1, 0.15) is 6.61 Å². The van der Waals surface area contributed by atoms with Crippen LogP contribution in [0.1, 0.15) is 45.4 Å². The average molecular weight is 449 g/mol. The fraction of sp³-hybridized carbons (Fsp3) is 0.870. The normalized spacial score (nSPS) is 11.0. The first-order valence-corrected chi connectivity index (χ1v) is 11.5. The van der Waals surface area contributed by atoms with Crippen LogP contribution in [-0.2, 0) is 38.0 Å². The number of carbonyl (C=O) groups excluding carboxylic acids is 1. The molecule has 0 aromatic heterocycles. The maximum Gasteiger partial charge on any atom is 0.305 e. The molecule has 0 rings (SSSR count). The highest BCUT2D eigenvalue weighted by molar-refractivity contribution is 5.69. The summed E-state index contributed by atoms with van der Waals surface area (Å²) < 4.78 is 37.3. The van der Waals surface area contributed by atoms with Crippen molar-refractivity contribution in [2.24, 2.45) is 0 Å². The Morgan fingerprint density at radius 3 is 1.48 bits per heavy atom. The van der Waals surface area contributed by atoms with Gasteiger partial charge in [0.25, 0.3) is 0 Å². The highest BCUT2D eigenvalue weighted by Gasteiger charge is 2.02. The maximum atomic E-state index is 11.5. The van der Waals surface area contributed by atoms with Crippen molar-refractivity contribution in [2.75, 3.05) is 85.9 Å². The largest absolute Gasteiger partial charge is 0.463 e. The molecule has 0 atom stereocenters. The molecule has 0 bridgehead atoms. The van der Waals surface area contributed by atoms with E-state index in [1.54, 1.807) is 6.08 Å². The molecule has 0 fully saturated rings. The maximum absolute atomic E-state index is 11.5. The molecular weight excluding hydrogens is 404 g/mol. The van der Waals surface area contributed by atoms with Crippen molar-refractivity contribution in [3.63, 3.8) is 0 Å². The van der Waals surface area contributed by atoms with E-state index in [9.17, 15) is 4.79 Å². The number of carbonyl (C=O) groups is 1. The van der Waals surface area contributed by atoms with E-state index in [1.165, 1.54) is 19.3 Å². The Balaban J connectivity index is 3.09. The molecule has 0 aliphatic heterocycles. The first-order chi connectivity index (χ1) is 15.3. The Morgan fingerprint density at radius 2 is 1.03 bits per heavy atom. The molecule has 0 N–H and O–H groups in total. The zero-order valence-corrected chi connectivity index (χ0v) is 19.5. The number of hydrogen-bond donors (Lipinski definition) is 0. The van der Waals surface area contributed by atoms with Crippen molar-refractivity contribution in [3.8, 4) is 0 Å². The van der Waals surface area contributed by atoms with Crippen LogP contribution in [-0.4, -0.2) is 91.9 Å². The van der Waals surface area contributed by atoms with Crippen LogP contribution >= 0.6 is 0 Å². The summed E-state index contributed by atoms with van der Waals surface area (Å²) in [5.41, 5.74) is 0. The topological polar surface area (TPSA) is 81.7 Å². The van der Waals surface area contributed by atoms with Crippen LogP contribution in [0.5, 0.6) is 0 Å².